The van der Waals surface area contributed by atoms with E-state index < -0.39 is 11.6 Å². The predicted molar refractivity (Wildman–Crippen MR) is 61.1 cm³/mol. The number of rotatable bonds is 5. The molecule has 1 aromatic carbocycles. The van der Waals surface area contributed by atoms with Gasteiger partial charge in [-0.05, 0) is 12.5 Å². The average molecular weight is 240 g/mol. The number of benzene rings is 1. The highest BCUT2D eigenvalue weighted by molar-refractivity contribution is 5.80. The lowest BCUT2D eigenvalue weighted by atomic mass is 9.88. The van der Waals surface area contributed by atoms with Gasteiger partial charge in [-0.2, -0.15) is 0 Å². The summed E-state index contributed by atoms with van der Waals surface area (Å²) < 4.78 is 4.95. The zero-order valence-corrected chi connectivity index (χ0v) is 9.80. The second kappa shape index (κ2) is 5.05. The minimum Gasteiger partial charge on any atom is -0.504 e. The molecule has 1 aromatic rings. The molecule has 0 aliphatic heterocycles. The molecule has 1 rings (SSSR count). The van der Waals surface area contributed by atoms with Gasteiger partial charge in [0.1, 0.15) is 0 Å². The molecule has 1 atom stereocenters. The maximum absolute atomic E-state index is 11.2. The molecular weight excluding hydrogens is 224 g/mol. The Morgan fingerprint density at radius 1 is 1.47 bits per heavy atom. The number of para-hydroxylation sites is 1. The van der Waals surface area contributed by atoms with Gasteiger partial charge in [-0.25, -0.2) is 4.79 Å². The Morgan fingerprint density at radius 2 is 2.12 bits per heavy atom. The molecule has 17 heavy (non-hydrogen) atoms. The van der Waals surface area contributed by atoms with Crippen LogP contribution in [0, 0.1) is 0 Å². The topological polar surface area (TPSA) is 87.0 Å². The highest BCUT2D eigenvalue weighted by Gasteiger charge is 2.40. The van der Waals surface area contributed by atoms with Crippen LogP contribution in [0.3, 0.4) is 0 Å². The van der Waals surface area contributed by atoms with E-state index in [1.54, 1.807) is 6.92 Å². The molecule has 0 aromatic heterocycles. The van der Waals surface area contributed by atoms with Crippen LogP contribution < -0.4 is 4.74 Å². The molecule has 0 spiro atoms. The molecule has 5 nitrogen and oxygen atoms in total. The second-order valence-corrected chi connectivity index (χ2v) is 3.77. The first-order valence-electron chi connectivity index (χ1n) is 5.29. The Hall–Kier alpha value is -1.75. The minimum absolute atomic E-state index is 0.00847. The van der Waals surface area contributed by atoms with Crippen LogP contribution in [0.2, 0.25) is 0 Å². The molecule has 0 heterocycles. The van der Waals surface area contributed by atoms with E-state index in [1.807, 2.05) is 0 Å². The number of aliphatic carboxylic acids is 1. The van der Waals surface area contributed by atoms with Crippen molar-refractivity contribution in [1.82, 2.24) is 0 Å². The quantitative estimate of drug-likeness (QED) is 0.725. The lowest BCUT2D eigenvalue weighted by Crippen LogP contribution is -2.35. The third kappa shape index (κ3) is 2.34. The van der Waals surface area contributed by atoms with Crippen LogP contribution in [-0.2, 0) is 10.4 Å². The molecule has 0 bridgehead atoms. The molecule has 0 radical (unpaired) electrons. The van der Waals surface area contributed by atoms with Gasteiger partial charge in [0.2, 0.25) is 0 Å². The lowest BCUT2D eigenvalue weighted by molar-refractivity contribution is -0.160. The Bertz CT molecular complexity index is 415. The molecule has 3 N–H and O–H groups in total. The van der Waals surface area contributed by atoms with Crippen molar-refractivity contribution in [1.29, 1.82) is 0 Å². The van der Waals surface area contributed by atoms with Gasteiger partial charge in [-0.15, -0.1) is 0 Å². The van der Waals surface area contributed by atoms with Crippen LogP contribution >= 0.6 is 0 Å². The molecule has 5 heteroatoms. The molecule has 0 saturated heterocycles. The molecule has 0 fully saturated rings. The Morgan fingerprint density at radius 3 is 2.59 bits per heavy atom. The van der Waals surface area contributed by atoms with E-state index in [1.165, 1.54) is 25.3 Å². The fourth-order valence-electron chi connectivity index (χ4n) is 1.78. The number of aliphatic hydroxyl groups is 1. The predicted octanol–water partition coefficient (Wildman–Crippen LogP) is 1.47. The van der Waals surface area contributed by atoms with Gasteiger partial charge in [0.15, 0.2) is 17.1 Å². The number of carboxylic acids is 1. The van der Waals surface area contributed by atoms with E-state index in [9.17, 15) is 15.0 Å². The van der Waals surface area contributed by atoms with Gasteiger partial charge in [-0.1, -0.05) is 25.5 Å². The second-order valence-electron chi connectivity index (χ2n) is 3.77. The first-order chi connectivity index (χ1) is 7.97. The maximum Gasteiger partial charge on any atom is 0.340 e. The van der Waals surface area contributed by atoms with E-state index in [-0.39, 0.29) is 23.5 Å². The van der Waals surface area contributed by atoms with Crippen LogP contribution in [0.4, 0.5) is 0 Å². The van der Waals surface area contributed by atoms with E-state index >= 15 is 0 Å². The number of aromatic hydroxyl groups is 1. The summed E-state index contributed by atoms with van der Waals surface area (Å²) >= 11 is 0. The first kappa shape index (κ1) is 13.3. The minimum atomic E-state index is -2.04. The van der Waals surface area contributed by atoms with Crippen molar-refractivity contribution >= 4 is 5.97 Å². The number of hydrogen-bond acceptors (Lipinski definition) is 4. The Kier molecular flexibility index (Phi) is 3.96. The van der Waals surface area contributed by atoms with Crippen LogP contribution in [0.25, 0.3) is 0 Å². The fourth-order valence-corrected chi connectivity index (χ4v) is 1.78. The summed E-state index contributed by atoms with van der Waals surface area (Å²) in [5, 5.41) is 28.9. The molecule has 0 aliphatic rings. The van der Waals surface area contributed by atoms with Crippen LogP contribution in [0.15, 0.2) is 18.2 Å². The number of carbonyl (C=O) groups is 1. The van der Waals surface area contributed by atoms with Gasteiger partial charge in [0, 0.05) is 5.56 Å². The SMILES string of the molecule is CCCC(O)(C(=O)O)c1cccc(O)c1OC. The Labute approximate surface area is 99.3 Å². The molecule has 0 amide bonds. The molecule has 94 valence electrons. The number of ether oxygens (including phenoxy) is 1. The van der Waals surface area contributed by atoms with Crippen molar-refractivity contribution in [3.8, 4) is 11.5 Å². The van der Waals surface area contributed by atoms with E-state index in [2.05, 4.69) is 0 Å². The summed E-state index contributed by atoms with van der Waals surface area (Å²) in [5.41, 5.74) is -1.98. The maximum atomic E-state index is 11.2. The third-order valence-corrected chi connectivity index (χ3v) is 2.61. The van der Waals surface area contributed by atoms with Crippen LogP contribution in [0.1, 0.15) is 25.3 Å². The highest BCUT2D eigenvalue weighted by Crippen LogP contribution is 2.39. The highest BCUT2D eigenvalue weighted by atomic mass is 16.5. The average Bonchev–Trinajstić information content (AvgIpc) is 2.28. The van der Waals surface area contributed by atoms with Gasteiger partial charge in [0.05, 0.1) is 7.11 Å². The molecule has 0 aliphatic carbocycles. The van der Waals surface area contributed by atoms with Crippen molar-refractivity contribution < 1.29 is 24.9 Å². The van der Waals surface area contributed by atoms with Gasteiger partial charge in [0.25, 0.3) is 0 Å². The Balaban J connectivity index is 3.38. The molecule has 0 saturated carbocycles. The van der Waals surface area contributed by atoms with Crippen LogP contribution in [-0.4, -0.2) is 28.4 Å². The number of methoxy groups -OCH3 is 1. The number of phenols is 1. The zero-order valence-electron chi connectivity index (χ0n) is 9.80. The normalized spacial score (nSPS) is 14.1. The summed E-state index contributed by atoms with van der Waals surface area (Å²) in [6, 6.07) is 4.27. The largest absolute Gasteiger partial charge is 0.504 e. The summed E-state index contributed by atoms with van der Waals surface area (Å²) in [6.07, 6.45) is 0.532. The fraction of sp³-hybridized carbons (Fsp3) is 0.417. The van der Waals surface area contributed by atoms with Crippen LogP contribution in [0.5, 0.6) is 11.5 Å². The molecular formula is C12H16O5. The summed E-state index contributed by atoms with van der Waals surface area (Å²) in [4.78, 5) is 11.2. The van der Waals surface area contributed by atoms with Crippen molar-refractivity contribution in [3.05, 3.63) is 23.8 Å². The smallest absolute Gasteiger partial charge is 0.340 e. The van der Waals surface area contributed by atoms with Crippen molar-refractivity contribution in [2.24, 2.45) is 0 Å². The third-order valence-electron chi connectivity index (χ3n) is 2.61. The van der Waals surface area contributed by atoms with Gasteiger partial charge < -0.3 is 20.1 Å². The first-order valence-corrected chi connectivity index (χ1v) is 5.29. The van der Waals surface area contributed by atoms with E-state index in [4.69, 9.17) is 9.84 Å². The summed E-state index contributed by atoms with van der Waals surface area (Å²) in [5.74, 6) is -1.56. The molecule has 1 unspecified atom stereocenters. The standard InChI is InChI=1S/C12H16O5/c1-3-7-12(16,11(14)15)8-5-4-6-9(13)10(8)17-2/h4-6,13,16H,3,7H2,1-2H3,(H,14,15). The van der Waals surface area contributed by atoms with Gasteiger partial charge >= 0.3 is 5.97 Å². The van der Waals surface area contributed by atoms with Crippen molar-refractivity contribution in [2.75, 3.05) is 7.11 Å². The van der Waals surface area contributed by atoms with Crippen molar-refractivity contribution in [3.63, 3.8) is 0 Å². The van der Waals surface area contributed by atoms with E-state index in [0.717, 1.165) is 0 Å². The lowest BCUT2D eigenvalue weighted by Gasteiger charge is -2.25. The monoisotopic (exact) mass is 240 g/mol. The number of carboxylic acid groups (broad SMARTS) is 1. The number of hydrogen-bond donors (Lipinski definition) is 3. The van der Waals surface area contributed by atoms with E-state index in [0.29, 0.717) is 6.42 Å². The van der Waals surface area contributed by atoms with Crippen molar-refractivity contribution in [2.45, 2.75) is 25.4 Å². The summed E-state index contributed by atoms with van der Waals surface area (Å²) in [7, 11) is 1.31. The number of phenolic OH excluding ortho intramolecular Hbond substituents is 1. The summed E-state index contributed by atoms with van der Waals surface area (Å²) in [6.45, 7) is 1.77. The zero-order chi connectivity index (χ0) is 13.1. The van der Waals surface area contributed by atoms with Gasteiger partial charge in [-0.3, -0.25) is 0 Å².